The number of aromatic nitrogens is 1. The molecule has 1 atom stereocenters. The van der Waals surface area contributed by atoms with E-state index in [1.165, 1.54) is 6.92 Å². The summed E-state index contributed by atoms with van der Waals surface area (Å²) in [5, 5.41) is 18.1. The van der Waals surface area contributed by atoms with Gasteiger partial charge in [0.15, 0.2) is 0 Å². The van der Waals surface area contributed by atoms with E-state index in [0.29, 0.717) is 0 Å². The maximum Gasteiger partial charge on any atom is 0.354 e. The monoisotopic (exact) mass is 297 g/mol. The third-order valence-corrected chi connectivity index (χ3v) is 2.85. The second kappa shape index (κ2) is 5.53. The van der Waals surface area contributed by atoms with E-state index in [1.807, 2.05) is 0 Å². The van der Waals surface area contributed by atoms with Crippen molar-refractivity contribution in [1.29, 1.82) is 0 Å². The molecule has 0 spiro atoms. The van der Waals surface area contributed by atoms with Crippen LogP contribution in [0.25, 0.3) is 11.3 Å². The van der Waals surface area contributed by atoms with Gasteiger partial charge in [-0.1, -0.05) is 0 Å². The molecular weight excluding hydrogens is 287 g/mol. The molecule has 0 saturated heterocycles. The van der Waals surface area contributed by atoms with E-state index in [2.05, 4.69) is 4.98 Å². The summed E-state index contributed by atoms with van der Waals surface area (Å²) in [6, 6.07) is 3.35. The molecule has 4 nitrogen and oxygen atoms in total. The van der Waals surface area contributed by atoms with Gasteiger partial charge >= 0.3 is 5.97 Å². The van der Waals surface area contributed by atoms with Crippen molar-refractivity contribution >= 4 is 5.97 Å². The van der Waals surface area contributed by atoms with Gasteiger partial charge in [0.05, 0.1) is 11.7 Å². The third kappa shape index (κ3) is 2.87. The van der Waals surface area contributed by atoms with Crippen LogP contribution in [0.5, 0.6) is 0 Å². The summed E-state index contributed by atoms with van der Waals surface area (Å²) < 4.78 is 41.6. The first-order valence-corrected chi connectivity index (χ1v) is 5.88. The molecule has 0 fully saturated rings. The smallest absolute Gasteiger partial charge is 0.354 e. The zero-order valence-corrected chi connectivity index (χ0v) is 10.8. The van der Waals surface area contributed by atoms with Crippen LogP contribution in [0.15, 0.2) is 24.3 Å². The predicted octanol–water partition coefficient (Wildman–Crippen LogP) is 2.92. The highest BCUT2D eigenvalue weighted by molar-refractivity contribution is 5.86. The van der Waals surface area contributed by atoms with Crippen LogP contribution in [-0.2, 0) is 0 Å². The van der Waals surface area contributed by atoms with E-state index in [9.17, 15) is 23.1 Å². The number of carboxylic acids is 1. The highest BCUT2D eigenvalue weighted by atomic mass is 19.1. The molecule has 0 aliphatic carbocycles. The second-order valence-corrected chi connectivity index (χ2v) is 4.37. The number of aliphatic hydroxyl groups excluding tert-OH is 1. The Morgan fingerprint density at radius 3 is 2.19 bits per heavy atom. The van der Waals surface area contributed by atoms with E-state index in [4.69, 9.17) is 5.11 Å². The molecule has 1 heterocycles. The first-order chi connectivity index (χ1) is 9.81. The Kier molecular flexibility index (Phi) is 3.95. The van der Waals surface area contributed by atoms with Crippen molar-refractivity contribution in [3.05, 3.63) is 53.0 Å². The molecule has 0 unspecified atom stereocenters. The predicted molar refractivity (Wildman–Crippen MR) is 67.1 cm³/mol. The SMILES string of the molecule is C[C@H](O)c1cc(F)c(-c2nc(C(=O)O)ccc2F)c(F)c1. The molecule has 0 aliphatic rings. The zero-order chi connectivity index (χ0) is 15.7. The van der Waals surface area contributed by atoms with Gasteiger partial charge in [-0.15, -0.1) is 0 Å². The summed E-state index contributed by atoms with van der Waals surface area (Å²) in [7, 11) is 0. The zero-order valence-electron chi connectivity index (χ0n) is 10.8. The van der Waals surface area contributed by atoms with Crippen LogP contribution >= 0.6 is 0 Å². The number of nitrogens with zero attached hydrogens (tertiary/aromatic N) is 1. The Hall–Kier alpha value is -2.41. The van der Waals surface area contributed by atoms with Crippen molar-refractivity contribution < 1.29 is 28.2 Å². The molecule has 7 heteroatoms. The molecule has 21 heavy (non-hydrogen) atoms. The van der Waals surface area contributed by atoms with Gasteiger partial charge in [0.25, 0.3) is 0 Å². The van der Waals surface area contributed by atoms with E-state index in [-0.39, 0.29) is 5.56 Å². The van der Waals surface area contributed by atoms with Crippen LogP contribution < -0.4 is 0 Å². The normalized spacial score (nSPS) is 12.2. The van der Waals surface area contributed by atoms with Crippen LogP contribution in [0.2, 0.25) is 0 Å². The van der Waals surface area contributed by atoms with E-state index in [1.54, 1.807) is 0 Å². The van der Waals surface area contributed by atoms with Crippen molar-refractivity contribution in [3.63, 3.8) is 0 Å². The molecule has 0 saturated carbocycles. The van der Waals surface area contributed by atoms with Gasteiger partial charge in [-0.2, -0.15) is 0 Å². The highest BCUT2D eigenvalue weighted by Crippen LogP contribution is 2.29. The number of aromatic carboxylic acids is 1. The Morgan fingerprint density at radius 1 is 1.14 bits per heavy atom. The molecule has 1 aromatic heterocycles. The Bertz CT molecular complexity index is 694. The fraction of sp³-hybridized carbons (Fsp3) is 0.143. The average molecular weight is 297 g/mol. The minimum Gasteiger partial charge on any atom is -0.477 e. The summed E-state index contributed by atoms with van der Waals surface area (Å²) in [6.45, 7) is 1.32. The van der Waals surface area contributed by atoms with Crippen LogP contribution in [0.3, 0.4) is 0 Å². The summed E-state index contributed by atoms with van der Waals surface area (Å²) >= 11 is 0. The number of carboxylic acid groups (broad SMARTS) is 1. The lowest BCUT2D eigenvalue weighted by Gasteiger charge is -2.10. The molecule has 2 N–H and O–H groups in total. The maximum absolute atomic E-state index is 14.0. The molecule has 0 radical (unpaired) electrons. The second-order valence-electron chi connectivity index (χ2n) is 4.37. The van der Waals surface area contributed by atoms with E-state index in [0.717, 1.165) is 24.3 Å². The molecule has 2 aromatic rings. The maximum atomic E-state index is 14.0. The molecule has 0 amide bonds. The Labute approximate surface area is 117 Å². The molecule has 2 rings (SSSR count). The van der Waals surface area contributed by atoms with Gasteiger partial charge in [0.2, 0.25) is 0 Å². The van der Waals surface area contributed by atoms with Crippen LogP contribution in [0, 0.1) is 17.5 Å². The van der Waals surface area contributed by atoms with Crippen molar-refractivity contribution in [3.8, 4) is 11.3 Å². The van der Waals surface area contributed by atoms with Crippen molar-refractivity contribution in [2.75, 3.05) is 0 Å². The molecule has 1 aromatic carbocycles. The van der Waals surface area contributed by atoms with Gasteiger partial charge in [-0.3, -0.25) is 0 Å². The molecule has 0 aliphatic heterocycles. The lowest BCUT2D eigenvalue weighted by atomic mass is 10.0. The number of halogens is 3. The van der Waals surface area contributed by atoms with Gasteiger partial charge in [0.1, 0.15) is 28.8 Å². The topological polar surface area (TPSA) is 70.4 Å². The highest BCUT2D eigenvalue weighted by Gasteiger charge is 2.21. The van der Waals surface area contributed by atoms with Gasteiger partial charge in [-0.25, -0.2) is 22.9 Å². The van der Waals surface area contributed by atoms with Crippen molar-refractivity contribution in [1.82, 2.24) is 4.98 Å². The number of hydrogen-bond donors (Lipinski definition) is 2. The largest absolute Gasteiger partial charge is 0.477 e. The number of rotatable bonds is 3. The minimum atomic E-state index is -1.45. The Morgan fingerprint density at radius 2 is 1.71 bits per heavy atom. The quantitative estimate of drug-likeness (QED) is 0.914. The lowest BCUT2D eigenvalue weighted by Crippen LogP contribution is -2.05. The minimum absolute atomic E-state index is 0.0245. The molecule has 110 valence electrons. The number of pyridine rings is 1. The fourth-order valence-electron chi connectivity index (χ4n) is 1.80. The lowest BCUT2D eigenvalue weighted by molar-refractivity contribution is 0.0690. The van der Waals surface area contributed by atoms with Crippen LogP contribution in [0.4, 0.5) is 13.2 Å². The number of aliphatic hydroxyl groups is 1. The van der Waals surface area contributed by atoms with Gasteiger partial charge in [0, 0.05) is 0 Å². The van der Waals surface area contributed by atoms with Crippen LogP contribution in [-0.4, -0.2) is 21.2 Å². The van der Waals surface area contributed by atoms with Crippen molar-refractivity contribution in [2.24, 2.45) is 0 Å². The molecular formula is C14H10F3NO3. The van der Waals surface area contributed by atoms with Crippen molar-refractivity contribution in [2.45, 2.75) is 13.0 Å². The summed E-state index contributed by atoms with van der Waals surface area (Å²) in [4.78, 5) is 14.2. The van der Waals surface area contributed by atoms with Gasteiger partial charge < -0.3 is 10.2 Å². The standard InChI is InChI=1S/C14H10F3NO3/c1-6(19)7-4-9(16)12(10(17)5-7)13-8(15)2-3-11(18-13)14(20)21/h2-6,19H,1H3,(H,20,21)/t6-/m0/s1. The van der Waals surface area contributed by atoms with E-state index < -0.39 is 46.5 Å². The van der Waals surface area contributed by atoms with E-state index >= 15 is 0 Å². The first-order valence-electron chi connectivity index (χ1n) is 5.88. The fourth-order valence-corrected chi connectivity index (χ4v) is 1.80. The summed E-state index contributed by atoms with van der Waals surface area (Å²) in [5.41, 5.74) is -2.07. The number of carbonyl (C=O) groups is 1. The Balaban J connectivity index is 2.67. The number of hydrogen-bond acceptors (Lipinski definition) is 3. The first kappa shape index (κ1) is 15.0. The summed E-state index contributed by atoms with van der Waals surface area (Å²) in [6.07, 6.45) is -1.11. The van der Waals surface area contributed by atoms with Gasteiger partial charge in [-0.05, 0) is 36.8 Å². The summed E-state index contributed by atoms with van der Waals surface area (Å²) in [5.74, 6) is -4.78. The average Bonchev–Trinajstić information content (AvgIpc) is 2.39. The van der Waals surface area contributed by atoms with Crippen LogP contribution in [0.1, 0.15) is 29.1 Å². The number of benzene rings is 1. The third-order valence-electron chi connectivity index (χ3n) is 2.85. The molecule has 0 bridgehead atoms.